The van der Waals surface area contributed by atoms with Crippen LogP contribution in [0.4, 0.5) is 0 Å². The molecule has 0 bridgehead atoms. The van der Waals surface area contributed by atoms with Gasteiger partial charge in [-0.2, -0.15) is 0 Å². The van der Waals surface area contributed by atoms with E-state index in [2.05, 4.69) is 13.8 Å². The molecule has 1 saturated heterocycles. The predicted molar refractivity (Wildman–Crippen MR) is 83.3 cm³/mol. The Balaban J connectivity index is 2.11. The van der Waals surface area contributed by atoms with Crippen molar-refractivity contribution in [1.82, 2.24) is 0 Å². The zero-order valence-electron chi connectivity index (χ0n) is 13.0. The van der Waals surface area contributed by atoms with Crippen LogP contribution in [0.2, 0.25) is 0 Å². The number of benzene rings is 1. The summed E-state index contributed by atoms with van der Waals surface area (Å²) in [4.78, 5) is 0. The average molecular weight is 312 g/mol. The molecule has 0 unspecified atom stereocenters. The molecule has 0 spiro atoms. The number of hydrogen-bond acceptors (Lipinski definition) is 4. The molecule has 0 amide bonds. The van der Waals surface area contributed by atoms with Gasteiger partial charge in [0.15, 0.2) is 9.84 Å². The quantitative estimate of drug-likeness (QED) is 0.777. The smallest absolute Gasteiger partial charge is 0.164 e. The summed E-state index contributed by atoms with van der Waals surface area (Å²) in [6, 6.07) is 7.39. The summed E-state index contributed by atoms with van der Waals surface area (Å²) in [6.07, 6.45) is 1.00. The van der Waals surface area contributed by atoms with Crippen molar-refractivity contribution in [1.29, 1.82) is 0 Å². The van der Waals surface area contributed by atoms with Crippen LogP contribution < -0.4 is 4.74 Å². The molecule has 0 aromatic heterocycles. The molecule has 5 heteroatoms. The van der Waals surface area contributed by atoms with Gasteiger partial charge >= 0.3 is 0 Å². The molecule has 1 aromatic carbocycles. The van der Waals surface area contributed by atoms with Gasteiger partial charge in [0.1, 0.15) is 10.5 Å². The van der Waals surface area contributed by atoms with Gasteiger partial charge < -0.3 is 9.47 Å². The van der Waals surface area contributed by atoms with Crippen LogP contribution in [0, 0.1) is 5.92 Å². The van der Waals surface area contributed by atoms with Crippen LogP contribution in [-0.4, -0.2) is 34.0 Å². The second kappa shape index (κ2) is 6.36. The standard InChI is InChI=1S/C16H24O4S/c1-4-21(17,18)16(11-19-12-16)14-5-7-15(8-6-14)20-10-9-13(2)3/h5-8,13H,4,9-12H2,1-3H3. The Morgan fingerprint density at radius 1 is 1.24 bits per heavy atom. The van der Waals surface area contributed by atoms with Crippen molar-refractivity contribution in [3.05, 3.63) is 29.8 Å². The fourth-order valence-electron chi connectivity index (χ4n) is 2.36. The summed E-state index contributed by atoms with van der Waals surface area (Å²) in [7, 11) is -3.18. The molecule has 1 fully saturated rings. The minimum Gasteiger partial charge on any atom is -0.494 e. The van der Waals surface area contributed by atoms with Gasteiger partial charge in [-0.3, -0.25) is 0 Å². The first kappa shape index (κ1) is 16.3. The maximum absolute atomic E-state index is 12.3. The van der Waals surface area contributed by atoms with Crippen molar-refractivity contribution in [2.24, 2.45) is 5.92 Å². The van der Waals surface area contributed by atoms with Crippen LogP contribution in [0.3, 0.4) is 0 Å². The zero-order valence-corrected chi connectivity index (χ0v) is 13.8. The summed E-state index contributed by atoms with van der Waals surface area (Å²) in [5.74, 6) is 1.52. The van der Waals surface area contributed by atoms with Crippen LogP contribution in [-0.2, 0) is 19.3 Å². The van der Waals surface area contributed by atoms with Gasteiger partial charge in [-0.25, -0.2) is 8.42 Å². The van der Waals surface area contributed by atoms with Gasteiger partial charge in [0.25, 0.3) is 0 Å². The first-order valence-corrected chi connectivity index (χ1v) is 9.10. The van der Waals surface area contributed by atoms with Crippen LogP contribution >= 0.6 is 0 Å². The van der Waals surface area contributed by atoms with Gasteiger partial charge in [-0.15, -0.1) is 0 Å². The molecule has 0 saturated carbocycles. The molecule has 118 valence electrons. The molecule has 1 aliphatic rings. The third-order valence-electron chi connectivity index (χ3n) is 3.99. The molecule has 0 atom stereocenters. The van der Waals surface area contributed by atoms with Gasteiger partial charge in [0.2, 0.25) is 0 Å². The third-order valence-corrected chi connectivity index (χ3v) is 6.41. The lowest BCUT2D eigenvalue weighted by molar-refractivity contribution is -0.0158. The minimum absolute atomic E-state index is 0.128. The third kappa shape index (κ3) is 3.24. The zero-order chi connectivity index (χ0) is 15.5. The number of sulfone groups is 1. The van der Waals surface area contributed by atoms with E-state index in [-0.39, 0.29) is 19.0 Å². The lowest BCUT2D eigenvalue weighted by Gasteiger charge is -2.40. The summed E-state index contributed by atoms with van der Waals surface area (Å²) < 4.78 is 34.6. The molecule has 0 N–H and O–H groups in total. The lowest BCUT2D eigenvalue weighted by atomic mass is 9.96. The van der Waals surface area contributed by atoms with E-state index in [9.17, 15) is 8.42 Å². The van der Waals surface area contributed by atoms with Crippen molar-refractivity contribution in [2.45, 2.75) is 31.9 Å². The lowest BCUT2D eigenvalue weighted by Crippen LogP contribution is -2.53. The summed E-state index contributed by atoms with van der Waals surface area (Å²) in [6.45, 7) is 7.16. The first-order chi connectivity index (χ1) is 9.91. The maximum Gasteiger partial charge on any atom is 0.164 e. The fraction of sp³-hybridized carbons (Fsp3) is 0.625. The molecule has 1 heterocycles. The minimum atomic E-state index is -3.18. The Hall–Kier alpha value is -1.07. The van der Waals surface area contributed by atoms with E-state index in [1.807, 2.05) is 24.3 Å². The molecule has 21 heavy (non-hydrogen) atoms. The highest BCUT2D eigenvalue weighted by Gasteiger charge is 2.50. The maximum atomic E-state index is 12.3. The Labute approximate surface area is 127 Å². The Morgan fingerprint density at radius 2 is 1.86 bits per heavy atom. The average Bonchev–Trinajstić information content (AvgIpc) is 2.38. The number of ether oxygens (including phenoxy) is 2. The second-order valence-corrected chi connectivity index (χ2v) is 8.53. The molecule has 0 aliphatic carbocycles. The number of hydrogen-bond donors (Lipinski definition) is 0. The number of rotatable bonds is 7. The van der Waals surface area contributed by atoms with E-state index in [1.54, 1.807) is 6.92 Å². The van der Waals surface area contributed by atoms with E-state index in [0.717, 1.165) is 17.7 Å². The Bertz CT molecular complexity index is 556. The monoisotopic (exact) mass is 312 g/mol. The summed E-state index contributed by atoms with van der Waals surface area (Å²) in [5, 5.41) is 0. The first-order valence-electron chi connectivity index (χ1n) is 7.44. The fourth-order valence-corrected chi connectivity index (χ4v) is 3.93. The topological polar surface area (TPSA) is 52.6 Å². The molecule has 1 aliphatic heterocycles. The highest BCUT2D eigenvalue weighted by molar-refractivity contribution is 7.92. The molecule has 2 rings (SSSR count). The van der Waals surface area contributed by atoms with E-state index >= 15 is 0 Å². The normalized spacial score (nSPS) is 17.5. The van der Waals surface area contributed by atoms with Crippen LogP contribution in [0.5, 0.6) is 5.75 Å². The highest BCUT2D eigenvalue weighted by atomic mass is 32.2. The highest BCUT2D eigenvalue weighted by Crippen LogP contribution is 2.39. The molecular formula is C16H24O4S. The van der Waals surface area contributed by atoms with E-state index in [4.69, 9.17) is 9.47 Å². The van der Waals surface area contributed by atoms with Crippen molar-refractivity contribution >= 4 is 9.84 Å². The van der Waals surface area contributed by atoms with E-state index in [1.165, 1.54) is 0 Å². The SMILES string of the molecule is CCS(=O)(=O)C1(c2ccc(OCCC(C)C)cc2)COC1. The molecule has 4 nitrogen and oxygen atoms in total. The molecular weight excluding hydrogens is 288 g/mol. The van der Waals surface area contributed by atoms with Crippen LogP contribution in [0.25, 0.3) is 0 Å². The van der Waals surface area contributed by atoms with Crippen LogP contribution in [0.1, 0.15) is 32.8 Å². The van der Waals surface area contributed by atoms with Gasteiger partial charge in [-0.1, -0.05) is 32.9 Å². The van der Waals surface area contributed by atoms with Gasteiger partial charge in [0.05, 0.1) is 19.8 Å². The van der Waals surface area contributed by atoms with E-state index < -0.39 is 14.6 Å². The van der Waals surface area contributed by atoms with Crippen molar-refractivity contribution in [2.75, 3.05) is 25.6 Å². The Morgan fingerprint density at radius 3 is 2.29 bits per heavy atom. The van der Waals surface area contributed by atoms with Gasteiger partial charge in [-0.05, 0) is 30.0 Å². The van der Waals surface area contributed by atoms with Gasteiger partial charge in [0, 0.05) is 5.75 Å². The summed E-state index contributed by atoms with van der Waals surface area (Å²) in [5.41, 5.74) is 0.798. The molecule has 0 radical (unpaired) electrons. The largest absolute Gasteiger partial charge is 0.494 e. The van der Waals surface area contributed by atoms with Crippen molar-refractivity contribution < 1.29 is 17.9 Å². The summed E-state index contributed by atoms with van der Waals surface area (Å²) >= 11 is 0. The molecule has 1 aromatic rings. The van der Waals surface area contributed by atoms with Crippen molar-refractivity contribution in [3.63, 3.8) is 0 Å². The second-order valence-electron chi connectivity index (χ2n) is 5.95. The Kier molecular flexibility index (Phi) is 4.94. The predicted octanol–water partition coefficient (Wildman–Crippen LogP) is 2.77. The van der Waals surface area contributed by atoms with E-state index in [0.29, 0.717) is 12.5 Å². The van der Waals surface area contributed by atoms with Crippen molar-refractivity contribution in [3.8, 4) is 5.75 Å². The van der Waals surface area contributed by atoms with Crippen LogP contribution in [0.15, 0.2) is 24.3 Å².